The van der Waals surface area contributed by atoms with Gasteiger partial charge in [0.05, 0.1) is 10.9 Å². The second-order valence-corrected chi connectivity index (χ2v) is 8.43. The van der Waals surface area contributed by atoms with Gasteiger partial charge in [-0.3, -0.25) is 9.59 Å². The molecule has 1 aliphatic heterocycles. The minimum absolute atomic E-state index is 0.0277. The van der Waals surface area contributed by atoms with Gasteiger partial charge in [0.25, 0.3) is 0 Å². The fraction of sp³-hybridized carbons (Fsp3) is 0.304. The molecule has 29 heavy (non-hydrogen) atoms. The third-order valence-electron chi connectivity index (χ3n) is 5.75. The summed E-state index contributed by atoms with van der Waals surface area (Å²) in [5.74, 6) is 2.04. The van der Waals surface area contributed by atoms with Crippen LogP contribution in [0.2, 0.25) is 10.0 Å². The average molecular weight is 429 g/mol. The van der Waals surface area contributed by atoms with Gasteiger partial charge in [0.2, 0.25) is 0 Å². The van der Waals surface area contributed by atoms with Crippen LogP contribution in [0.5, 0.6) is 0 Å². The molecule has 2 aliphatic carbocycles. The average Bonchev–Trinajstić information content (AvgIpc) is 3.18. The number of furan rings is 1. The summed E-state index contributed by atoms with van der Waals surface area (Å²) in [5.41, 5.74) is 1.82. The zero-order valence-corrected chi connectivity index (χ0v) is 17.1. The van der Waals surface area contributed by atoms with Gasteiger partial charge in [0, 0.05) is 47.4 Å². The predicted molar refractivity (Wildman–Crippen MR) is 110 cm³/mol. The smallest absolute Gasteiger partial charge is 0.163 e. The predicted octanol–water partition coefficient (Wildman–Crippen LogP) is 6.38. The number of rotatable bonds is 2. The second-order valence-electron chi connectivity index (χ2n) is 7.59. The van der Waals surface area contributed by atoms with E-state index in [2.05, 4.69) is 0 Å². The molecule has 0 N–H and O–H groups in total. The molecule has 148 valence electrons. The van der Waals surface area contributed by atoms with Crippen LogP contribution in [-0.2, 0) is 14.3 Å². The number of benzene rings is 1. The summed E-state index contributed by atoms with van der Waals surface area (Å²) in [5, 5.41) is 1.07. The first-order chi connectivity index (χ1) is 14.0. The van der Waals surface area contributed by atoms with E-state index in [1.807, 2.05) is 12.1 Å². The van der Waals surface area contributed by atoms with Crippen LogP contribution in [0.1, 0.15) is 50.2 Å². The van der Waals surface area contributed by atoms with Crippen molar-refractivity contribution in [3.63, 3.8) is 0 Å². The van der Waals surface area contributed by atoms with E-state index in [0.717, 1.165) is 12.8 Å². The van der Waals surface area contributed by atoms with Gasteiger partial charge in [-0.05, 0) is 43.2 Å². The lowest BCUT2D eigenvalue weighted by atomic mass is 9.75. The SMILES string of the molecule is O=C1CCCC2=C1C(c1ccc(-c3cc(Cl)ccc3Cl)o1)C1=C(CCCC1=O)O2. The molecule has 0 spiro atoms. The molecule has 0 saturated carbocycles. The molecule has 0 amide bonds. The van der Waals surface area contributed by atoms with Crippen LogP contribution in [0.4, 0.5) is 0 Å². The maximum absolute atomic E-state index is 12.8. The summed E-state index contributed by atoms with van der Waals surface area (Å²) < 4.78 is 12.2. The highest BCUT2D eigenvalue weighted by molar-refractivity contribution is 6.35. The maximum atomic E-state index is 12.8. The van der Waals surface area contributed by atoms with E-state index in [4.69, 9.17) is 32.4 Å². The Bertz CT molecular complexity index is 1060. The lowest BCUT2D eigenvalue weighted by Crippen LogP contribution is -2.30. The zero-order chi connectivity index (χ0) is 20.1. The van der Waals surface area contributed by atoms with Crippen molar-refractivity contribution in [2.45, 2.75) is 44.4 Å². The molecule has 6 heteroatoms. The van der Waals surface area contributed by atoms with E-state index in [9.17, 15) is 9.59 Å². The first-order valence-electron chi connectivity index (χ1n) is 9.78. The minimum atomic E-state index is -0.513. The van der Waals surface area contributed by atoms with Crippen LogP contribution in [-0.4, -0.2) is 11.6 Å². The fourth-order valence-corrected chi connectivity index (χ4v) is 4.82. The summed E-state index contributed by atoms with van der Waals surface area (Å²) >= 11 is 12.4. The molecule has 0 saturated heterocycles. The first-order valence-corrected chi connectivity index (χ1v) is 10.5. The second kappa shape index (κ2) is 7.19. The standard InChI is InChI=1S/C23H18Cl2O4/c24-12-7-8-14(25)13(11-12)17-9-10-20(28-17)23-21-15(26)3-1-5-18(21)29-19-6-2-4-16(27)22(19)23/h7-11,23H,1-6H2. The number of carbonyl (C=O) groups is 2. The van der Waals surface area contributed by atoms with Gasteiger partial charge >= 0.3 is 0 Å². The summed E-state index contributed by atoms with van der Waals surface area (Å²) in [4.78, 5) is 25.6. The number of Topliss-reactive ketones (excluding diaryl/α,β-unsaturated/α-hetero) is 2. The molecule has 3 aliphatic rings. The van der Waals surface area contributed by atoms with Crippen LogP contribution in [0.3, 0.4) is 0 Å². The summed E-state index contributed by atoms with van der Waals surface area (Å²) in [6.07, 6.45) is 3.86. The molecule has 2 aromatic rings. The Morgan fingerprint density at radius 2 is 1.48 bits per heavy atom. The molecule has 2 heterocycles. The van der Waals surface area contributed by atoms with Gasteiger partial charge in [0.15, 0.2) is 11.6 Å². The van der Waals surface area contributed by atoms with E-state index >= 15 is 0 Å². The normalized spacial score (nSPS) is 19.9. The van der Waals surface area contributed by atoms with Crippen molar-refractivity contribution in [1.82, 2.24) is 0 Å². The molecule has 1 aromatic heterocycles. The number of allylic oxidation sites excluding steroid dienone is 4. The Hall–Kier alpha value is -2.30. The van der Waals surface area contributed by atoms with Crippen molar-refractivity contribution in [3.05, 3.63) is 68.8 Å². The number of halogens is 2. The topological polar surface area (TPSA) is 56.5 Å². The summed E-state index contributed by atoms with van der Waals surface area (Å²) in [6, 6.07) is 8.80. The van der Waals surface area contributed by atoms with Gasteiger partial charge in [-0.1, -0.05) is 23.2 Å². The van der Waals surface area contributed by atoms with Crippen molar-refractivity contribution in [1.29, 1.82) is 0 Å². The van der Waals surface area contributed by atoms with Gasteiger partial charge in [-0.2, -0.15) is 0 Å². The van der Waals surface area contributed by atoms with Gasteiger partial charge in [-0.15, -0.1) is 0 Å². The number of carbonyl (C=O) groups excluding carboxylic acids is 2. The van der Waals surface area contributed by atoms with Crippen LogP contribution in [0.15, 0.2) is 57.4 Å². The molecular weight excluding hydrogens is 411 g/mol. The largest absolute Gasteiger partial charge is 0.465 e. The van der Waals surface area contributed by atoms with E-state index < -0.39 is 5.92 Å². The Labute approximate surface area is 178 Å². The molecular formula is C23H18Cl2O4. The molecule has 0 bridgehead atoms. The van der Waals surface area contributed by atoms with Crippen LogP contribution in [0, 0.1) is 0 Å². The van der Waals surface area contributed by atoms with Crippen LogP contribution < -0.4 is 0 Å². The minimum Gasteiger partial charge on any atom is -0.465 e. The Morgan fingerprint density at radius 1 is 0.828 bits per heavy atom. The zero-order valence-electron chi connectivity index (χ0n) is 15.6. The van der Waals surface area contributed by atoms with E-state index in [1.165, 1.54) is 0 Å². The monoisotopic (exact) mass is 428 g/mol. The van der Waals surface area contributed by atoms with Crippen molar-refractivity contribution in [2.24, 2.45) is 0 Å². The highest BCUT2D eigenvalue weighted by Gasteiger charge is 2.43. The van der Waals surface area contributed by atoms with Gasteiger partial charge < -0.3 is 9.15 Å². The van der Waals surface area contributed by atoms with Crippen LogP contribution >= 0.6 is 23.2 Å². The van der Waals surface area contributed by atoms with E-state index in [1.54, 1.807) is 18.2 Å². The first kappa shape index (κ1) is 18.7. The van der Waals surface area contributed by atoms with Gasteiger partial charge in [-0.25, -0.2) is 0 Å². The molecule has 5 rings (SSSR count). The lowest BCUT2D eigenvalue weighted by molar-refractivity contribution is -0.117. The number of ketones is 2. The highest BCUT2D eigenvalue weighted by atomic mass is 35.5. The molecule has 0 radical (unpaired) electrons. The highest BCUT2D eigenvalue weighted by Crippen LogP contribution is 2.48. The van der Waals surface area contributed by atoms with Crippen molar-refractivity contribution in [2.75, 3.05) is 0 Å². The van der Waals surface area contributed by atoms with Crippen molar-refractivity contribution in [3.8, 4) is 11.3 Å². The van der Waals surface area contributed by atoms with Gasteiger partial charge in [0.1, 0.15) is 23.0 Å². The number of ether oxygens (including phenoxy) is 1. The Morgan fingerprint density at radius 3 is 2.14 bits per heavy atom. The quantitative estimate of drug-likeness (QED) is 0.556. The van der Waals surface area contributed by atoms with E-state index in [0.29, 0.717) is 75.5 Å². The number of hydrogen-bond donors (Lipinski definition) is 0. The molecule has 4 nitrogen and oxygen atoms in total. The maximum Gasteiger partial charge on any atom is 0.163 e. The molecule has 0 unspecified atom stereocenters. The summed E-state index contributed by atoms with van der Waals surface area (Å²) in [7, 11) is 0. The summed E-state index contributed by atoms with van der Waals surface area (Å²) in [6.45, 7) is 0. The third-order valence-corrected chi connectivity index (χ3v) is 6.31. The third kappa shape index (κ3) is 3.15. The van der Waals surface area contributed by atoms with E-state index in [-0.39, 0.29) is 11.6 Å². The Balaban J connectivity index is 1.65. The Kier molecular flexibility index (Phi) is 4.64. The van der Waals surface area contributed by atoms with Crippen molar-refractivity contribution >= 4 is 34.8 Å². The number of hydrogen-bond acceptors (Lipinski definition) is 4. The lowest BCUT2D eigenvalue weighted by Gasteiger charge is -2.34. The van der Waals surface area contributed by atoms with Crippen LogP contribution in [0.25, 0.3) is 11.3 Å². The molecule has 1 aromatic carbocycles. The molecule has 0 atom stereocenters. The fourth-order valence-electron chi connectivity index (χ4n) is 4.44. The molecule has 0 fully saturated rings. The van der Waals surface area contributed by atoms with Crippen molar-refractivity contribution < 1.29 is 18.7 Å².